The lowest BCUT2D eigenvalue weighted by Gasteiger charge is -2.00. The van der Waals surface area contributed by atoms with Crippen LogP contribution in [0.2, 0.25) is 0 Å². The monoisotopic (exact) mass is 213 g/mol. The van der Waals surface area contributed by atoms with Crippen LogP contribution in [0.3, 0.4) is 0 Å². The van der Waals surface area contributed by atoms with Crippen LogP contribution in [0.25, 0.3) is 6.08 Å². The van der Waals surface area contributed by atoms with Crippen molar-refractivity contribution in [2.24, 2.45) is 0 Å². The van der Waals surface area contributed by atoms with E-state index < -0.39 is 0 Å². The van der Waals surface area contributed by atoms with Crippen molar-refractivity contribution in [3.8, 4) is 6.07 Å². The smallest absolute Gasteiger partial charge is 0.262 e. The Hall–Kier alpha value is -2.15. The highest BCUT2D eigenvalue weighted by molar-refractivity contribution is 6.01. The molecule has 1 N–H and O–H groups in total. The van der Waals surface area contributed by atoms with Gasteiger partial charge in [0.25, 0.3) is 5.91 Å². The molecule has 1 aliphatic carbocycles. The van der Waals surface area contributed by atoms with Crippen LogP contribution in [0.15, 0.2) is 30.0 Å². The van der Waals surface area contributed by atoms with E-state index in [1.807, 2.05) is 12.1 Å². The highest BCUT2D eigenvalue weighted by atomic mass is 16.1. The summed E-state index contributed by atoms with van der Waals surface area (Å²) >= 11 is 0. The van der Waals surface area contributed by atoms with Crippen molar-refractivity contribution in [2.45, 2.75) is 18.9 Å². The first-order valence-electron chi connectivity index (χ1n) is 5.13. The summed E-state index contributed by atoms with van der Waals surface area (Å²) in [6.07, 6.45) is 5.14. The van der Waals surface area contributed by atoms with E-state index in [4.69, 9.17) is 5.26 Å². The molecule has 0 saturated heterocycles. The Morgan fingerprint density at radius 2 is 2.38 bits per heavy atom. The van der Waals surface area contributed by atoms with Crippen LogP contribution in [-0.4, -0.2) is 16.9 Å². The van der Waals surface area contributed by atoms with E-state index in [-0.39, 0.29) is 17.5 Å². The number of hydrogen-bond donors (Lipinski definition) is 1. The fraction of sp³-hybridized carbons (Fsp3) is 0.250. The van der Waals surface area contributed by atoms with Crippen molar-refractivity contribution in [1.82, 2.24) is 10.3 Å². The molecular weight excluding hydrogens is 202 g/mol. The van der Waals surface area contributed by atoms with Crippen molar-refractivity contribution >= 4 is 12.0 Å². The zero-order valence-electron chi connectivity index (χ0n) is 8.68. The highest BCUT2D eigenvalue weighted by Gasteiger charge is 2.24. The van der Waals surface area contributed by atoms with E-state index in [0.717, 1.165) is 12.8 Å². The van der Waals surface area contributed by atoms with Crippen molar-refractivity contribution in [2.75, 3.05) is 0 Å². The van der Waals surface area contributed by atoms with Gasteiger partial charge >= 0.3 is 0 Å². The topological polar surface area (TPSA) is 65.8 Å². The summed E-state index contributed by atoms with van der Waals surface area (Å²) in [5, 5.41) is 11.7. The maximum atomic E-state index is 11.6. The minimum Gasteiger partial charge on any atom is -0.349 e. The predicted octanol–water partition coefficient (Wildman–Crippen LogP) is 1.27. The van der Waals surface area contributed by atoms with Crippen LogP contribution in [0.4, 0.5) is 0 Å². The molecule has 1 aromatic heterocycles. The quantitative estimate of drug-likeness (QED) is 0.607. The standard InChI is InChI=1S/C12H11N3O/c13-8-9(12(16)15-10-4-5-10)7-11-3-1-2-6-14-11/h1-3,6-7,10H,4-5H2,(H,15,16)/b9-7+. The Balaban J connectivity index is 2.12. The maximum Gasteiger partial charge on any atom is 0.262 e. The van der Waals surface area contributed by atoms with Crippen LogP contribution in [0, 0.1) is 11.3 Å². The number of carbonyl (C=O) groups is 1. The van der Waals surface area contributed by atoms with Crippen LogP contribution in [0.1, 0.15) is 18.5 Å². The minimum atomic E-state index is -0.310. The average Bonchev–Trinajstić information content (AvgIpc) is 3.11. The molecule has 0 atom stereocenters. The van der Waals surface area contributed by atoms with Gasteiger partial charge in [0.15, 0.2) is 0 Å². The first-order valence-corrected chi connectivity index (χ1v) is 5.13. The van der Waals surface area contributed by atoms with E-state index >= 15 is 0 Å². The number of hydrogen-bond acceptors (Lipinski definition) is 3. The number of nitriles is 1. The summed E-state index contributed by atoms with van der Waals surface area (Å²) in [7, 11) is 0. The molecular formula is C12H11N3O. The summed E-state index contributed by atoms with van der Waals surface area (Å²) in [5.74, 6) is -0.310. The Labute approximate surface area is 93.6 Å². The van der Waals surface area contributed by atoms with Gasteiger partial charge in [0.05, 0.1) is 5.69 Å². The second kappa shape index (κ2) is 4.58. The first-order chi connectivity index (χ1) is 7.79. The fourth-order valence-electron chi connectivity index (χ4n) is 1.25. The lowest BCUT2D eigenvalue weighted by Crippen LogP contribution is -2.26. The van der Waals surface area contributed by atoms with Gasteiger partial charge in [-0.2, -0.15) is 5.26 Å². The Morgan fingerprint density at radius 3 is 2.94 bits per heavy atom. The normalized spacial score (nSPS) is 15.3. The van der Waals surface area contributed by atoms with Crippen LogP contribution in [0.5, 0.6) is 0 Å². The van der Waals surface area contributed by atoms with Gasteiger partial charge in [-0.1, -0.05) is 6.07 Å². The number of pyridine rings is 1. The predicted molar refractivity (Wildman–Crippen MR) is 59.0 cm³/mol. The van der Waals surface area contributed by atoms with E-state index in [1.54, 1.807) is 18.3 Å². The molecule has 1 heterocycles. The van der Waals surface area contributed by atoms with Crippen molar-refractivity contribution in [3.63, 3.8) is 0 Å². The summed E-state index contributed by atoms with van der Waals surface area (Å²) < 4.78 is 0. The molecule has 2 rings (SSSR count). The molecule has 1 fully saturated rings. The van der Waals surface area contributed by atoms with Gasteiger partial charge in [0.1, 0.15) is 11.6 Å². The Morgan fingerprint density at radius 1 is 1.56 bits per heavy atom. The molecule has 4 nitrogen and oxygen atoms in total. The van der Waals surface area contributed by atoms with Crippen molar-refractivity contribution < 1.29 is 4.79 Å². The van der Waals surface area contributed by atoms with Gasteiger partial charge in [-0.15, -0.1) is 0 Å². The number of nitrogens with zero attached hydrogens (tertiary/aromatic N) is 2. The molecule has 0 aliphatic heterocycles. The lowest BCUT2D eigenvalue weighted by atomic mass is 10.2. The maximum absolute atomic E-state index is 11.6. The third-order valence-corrected chi connectivity index (χ3v) is 2.26. The molecule has 1 amide bonds. The van der Waals surface area contributed by atoms with Gasteiger partial charge in [0.2, 0.25) is 0 Å². The fourth-order valence-corrected chi connectivity index (χ4v) is 1.25. The summed E-state index contributed by atoms with van der Waals surface area (Å²) in [6.45, 7) is 0. The zero-order chi connectivity index (χ0) is 11.4. The van der Waals surface area contributed by atoms with Gasteiger partial charge in [-0.25, -0.2) is 0 Å². The van der Waals surface area contributed by atoms with E-state index in [9.17, 15) is 4.79 Å². The number of carbonyl (C=O) groups excluding carboxylic acids is 1. The summed E-state index contributed by atoms with van der Waals surface area (Å²) in [4.78, 5) is 15.6. The van der Waals surface area contributed by atoms with Gasteiger partial charge < -0.3 is 5.32 Å². The molecule has 1 saturated carbocycles. The molecule has 0 unspecified atom stereocenters. The summed E-state index contributed by atoms with van der Waals surface area (Å²) in [6, 6.07) is 7.50. The van der Waals surface area contributed by atoms with Gasteiger partial charge in [-0.05, 0) is 31.1 Å². The lowest BCUT2D eigenvalue weighted by molar-refractivity contribution is -0.117. The van der Waals surface area contributed by atoms with E-state index in [0.29, 0.717) is 5.69 Å². The molecule has 1 aromatic rings. The zero-order valence-corrected chi connectivity index (χ0v) is 8.68. The average molecular weight is 213 g/mol. The van der Waals surface area contributed by atoms with Gasteiger partial charge in [0, 0.05) is 12.2 Å². The SMILES string of the molecule is N#C/C(=C\c1ccccn1)C(=O)NC1CC1. The molecule has 80 valence electrons. The Kier molecular flexibility index (Phi) is 2.97. The van der Waals surface area contributed by atoms with Crippen molar-refractivity contribution in [3.05, 3.63) is 35.7 Å². The second-order valence-corrected chi connectivity index (χ2v) is 3.67. The number of aromatic nitrogens is 1. The number of rotatable bonds is 3. The molecule has 1 aliphatic rings. The highest BCUT2D eigenvalue weighted by Crippen LogP contribution is 2.19. The number of amides is 1. The largest absolute Gasteiger partial charge is 0.349 e. The van der Waals surface area contributed by atoms with Gasteiger partial charge in [-0.3, -0.25) is 9.78 Å². The molecule has 4 heteroatoms. The van der Waals surface area contributed by atoms with E-state index in [1.165, 1.54) is 6.08 Å². The van der Waals surface area contributed by atoms with E-state index in [2.05, 4.69) is 10.3 Å². The molecule has 0 radical (unpaired) electrons. The molecule has 0 aromatic carbocycles. The van der Waals surface area contributed by atoms with Crippen LogP contribution < -0.4 is 5.32 Å². The first kappa shape index (κ1) is 10.4. The molecule has 0 spiro atoms. The second-order valence-electron chi connectivity index (χ2n) is 3.67. The Bertz CT molecular complexity index is 455. The minimum absolute atomic E-state index is 0.102. The van der Waals surface area contributed by atoms with Crippen LogP contribution >= 0.6 is 0 Å². The summed E-state index contributed by atoms with van der Waals surface area (Å²) in [5.41, 5.74) is 0.718. The van der Waals surface area contributed by atoms with Crippen LogP contribution in [-0.2, 0) is 4.79 Å². The third kappa shape index (κ3) is 2.67. The van der Waals surface area contributed by atoms with Crippen molar-refractivity contribution in [1.29, 1.82) is 5.26 Å². The third-order valence-electron chi connectivity index (χ3n) is 2.26. The molecule has 0 bridgehead atoms. The molecule has 16 heavy (non-hydrogen) atoms. The number of nitrogens with one attached hydrogen (secondary N) is 1.